The summed E-state index contributed by atoms with van der Waals surface area (Å²) in [5.41, 5.74) is 5.41. The van der Waals surface area contributed by atoms with Crippen molar-refractivity contribution >= 4 is 29.5 Å². The van der Waals surface area contributed by atoms with Gasteiger partial charge in [-0.2, -0.15) is 13.2 Å². The third-order valence-electron chi connectivity index (χ3n) is 3.19. The molecule has 0 aliphatic rings. The van der Waals surface area contributed by atoms with E-state index in [0.717, 1.165) is 6.07 Å². The van der Waals surface area contributed by atoms with Gasteiger partial charge in [0.15, 0.2) is 0 Å². The van der Waals surface area contributed by atoms with Gasteiger partial charge in [-0.3, -0.25) is 23.9 Å². The molecule has 8 nitrogen and oxygen atoms in total. The SMILES string of the molecule is Cc1ccc([N+](=O)[O-])c(SOC(CCC(N)C(=O)O)C(=O)C(F)(F)F)c1. The number of alkyl halides is 3. The number of carboxylic acid groups (broad SMARTS) is 1. The number of aryl methyl sites for hydroxylation is 1. The Balaban J connectivity index is 2.96. The lowest BCUT2D eigenvalue weighted by Gasteiger charge is -2.18. The zero-order valence-electron chi connectivity index (χ0n) is 13.4. The van der Waals surface area contributed by atoms with Crippen LogP contribution in [-0.4, -0.2) is 40.1 Å². The Labute approximate surface area is 149 Å². The van der Waals surface area contributed by atoms with E-state index in [2.05, 4.69) is 0 Å². The minimum atomic E-state index is -5.21. The quantitative estimate of drug-likeness (QED) is 0.370. The van der Waals surface area contributed by atoms with Gasteiger partial charge in [0.1, 0.15) is 17.0 Å². The van der Waals surface area contributed by atoms with Crippen LogP contribution in [0.25, 0.3) is 0 Å². The molecule has 0 saturated heterocycles. The van der Waals surface area contributed by atoms with E-state index in [-0.39, 0.29) is 16.9 Å². The summed E-state index contributed by atoms with van der Waals surface area (Å²) in [5, 5.41) is 19.6. The number of nitrogens with zero attached hydrogens (tertiary/aromatic N) is 1. The molecule has 144 valence electrons. The average Bonchev–Trinajstić information content (AvgIpc) is 2.52. The maximum atomic E-state index is 12.7. The molecule has 0 amide bonds. The highest BCUT2D eigenvalue weighted by atomic mass is 32.2. The smallest absolute Gasteiger partial charge is 0.452 e. The lowest BCUT2D eigenvalue weighted by molar-refractivity contribution is -0.387. The standard InChI is InChI=1S/C14H15F3N2O6S/c1-7-2-4-9(19(23)24)11(6-7)26-25-10(12(20)14(15,16)17)5-3-8(18)13(21)22/h2,4,6,8,10H,3,5,18H2,1H3,(H,21,22). The monoisotopic (exact) mass is 396 g/mol. The maximum Gasteiger partial charge on any atom is 0.452 e. The number of rotatable bonds is 9. The number of nitro groups is 1. The number of Topliss-reactive ketones (excluding diaryl/α,β-unsaturated/α-hetero) is 1. The number of aliphatic carboxylic acids is 1. The molecule has 2 atom stereocenters. The summed E-state index contributed by atoms with van der Waals surface area (Å²) in [4.78, 5) is 32.3. The highest BCUT2D eigenvalue weighted by Gasteiger charge is 2.44. The summed E-state index contributed by atoms with van der Waals surface area (Å²) < 4.78 is 42.9. The van der Waals surface area contributed by atoms with Gasteiger partial charge in [-0.25, -0.2) is 0 Å². The first-order valence-corrected chi connectivity index (χ1v) is 7.85. The van der Waals surface area contributed by atoms with Gasteiger partial charge in [-0.05, 0) is 31.4 Å². The molecular formula is C14H15F3N2O6S. The van der Waals surface area contributed by atoms with E-state index >= 15 is 0 Å². The van der Waals surface area contributed by atoms with E-state index in [1.54, 1.807) is 6.92 Å². The number of hydrogen-bond acceptors (Lipinski definition) is 7. The van der Waals surface area contributed by atoms with Crippen LogP contribution in [0.5, 0.6) is 0 Å². The predicted molar refractivity (Wildman–Crippen MR) is 84.5 cm³/mol. The van der Waals surface area contributed by atoms with Crippen molar-refractivity contribution in [2.75, 3.05) is 0 Å². The minimum absolute atomic E-state index is 0.0856. The van der Waals surface area contributed by atoms with Crippen molar-refractivity contribution in [3.8, 4) is 0 Å². The number of carbonyl (C=O) groups is 2. The predicted octanol–water partition coefficient (Wildman–Crippen LogP) is 2.62. The van der Waals surface area contributed by atoms with E-state index in [9.17, 15) is 32.9 Å². The van der Waals surface area contributed by atoms with Crippen LogP contribution in [0.4, 0.5) is 18.9 Å². The molecule has 1 rings (SSSR count). The zero-order valence-corrected chi connectivity index (χ0v) is 14.2. The first-order valence-electron chi connectivity index (χ1n) is 7.11. The molecule has 3 N–H and O–H groups in total. The van der Waals surface area contributed by atoms with Crippen molar-refractivity contribution in [1.29, 1.82) is 0 Å². The van der Waals surface area contributed by atoms with E-state index in [0.29, 0.717) is 5.56 Å². The summed E-state index contributed by atoms with van der Waals surface area (Å²) in [5.74, 6) is -3.66. The Morgan fingerprint density at radius 2 is 2.00 bits per heavy atom. The summed E-state index contributed by atoms with van der Waals surface area (Å²) in [6.45, 7) is 1.61. The van der Waals surface area contributed by atoms with Gasteiger partial charge in [-0.15, -0.1) is 0 Å². The normalized spacial score (nSPS) is 13.9. The first-order chi connectivity index (χ1) is 11.9. The molecule has 0 fully saturated rings. The van der Waals surface area contributed by atoms with Gasteiger partial charge in [0.2, 0.25) is 0 Å². The Kier molecular flexibility index (Phi) is 7.54. The van der Waals surface area contributed by atoms with Gasteiger partial charge in [0, 0.05) is 18.1 Å². The summed E-state index contributed by atoms with van der Waals surface area (Å²) >= 11 is 0.251. The van der Waals surface area contributed by atoms with Gasteiger partial charge >= 0.3 is 12.1 Å². The molecule has 26 heavy (non-hydrogen) atoms. The maximum absolute atomic E-state index is 12.7. The van der Waals surface area contributed by atoms with Crippen molar-refractivity contribution < 1.29 is 37.0 Å². The molecule has 0 saturated carbocycles. The fourth-order valence-corrected chi connectivity index (χ4v) is 2.67. The van der Waals surface area contributed by atoms with Crippen molar-refractivity contribution in [1.82, 2.24) is 0 Å². The number of hydrogen-bond donors (Lipinski definition) is 2. The topological polar surface area (TPSA) is 133 Å². The van der Waals surface area contributed by atoms with Crippen LogP contribution in [0.2, 0.25) is 0 Å². The molecule has 1 aromatic carbocycles. The van der Waals surface area contributed by atoms with Crippen LogP contribution in [0.1, 0.15) is 18.4 Å². The van der Waals surface area contributed by atoms with Gasteiger partial charge < -0.3 is 10.8 Å². The van der Waals surface area contributed by atoms with Crippen LogP contribution in [0.15, 0.2) is 23.1 Å². The second-order valence-electron chi connectivity index (χ2n) is 5.28. The van der Waals surface area contributed by atoms with Crippen LogP contribution < -0.4 is 5.73 Å². The molecule has 0 aliphatic carbocycles. The molecule has 0 spiro atoms. The molecule has 0 aliphatic heterocycles. The number of carbonyl (C=O) groups excluding carboxylic acids is 1. The lowest BCUT2D eigenvalue weighted by atomic mass is 10.1. The minimum Gasteiger partial charge on any atom is -0.480 e. The van der Waals surface area contributed by atoms with Crippen molar-refractivity contribution in [3.05, 3.63) is 33.9 Å². The molecule has 0 heterocycles. The van der Waals surface area contributed by atoms with E-state index in [1.807, 2.05) is 0 Å². The second kappa shape index (κ2) is 8.96. The summed E-state index contributed by atoms with van der Waals surface area (Å²) in [7, 11) is 0. The molecule has 1 aromatic rings. The molecule has 12 heteroatoms. The van der Waals surface area contributed by atoms with Crippen LogP contribution in [-0.2, 0) is 13.8 Å². The Morgan fingerprint density at radius 1 is 1.38 bits per heavy atom. The number of nitrogens with two attached hydrogens (primary N) is 1. The molecule has 2 unspecified atom stereocenters. The highest BCUT2D eigenvalue weighted by molar-refractivity contribution is 7.94. The fraction of sp³-hybridized carbons (Fsp3) is 0.429. The molecular weight excluding hydrogens is 381 g/mol. The van der Waals surface area contributed by atoms with Gasteiger partial charge in [0.05, 0.1) is 4.92 Å². The van der Waals surface area contributed by atoms with Crippen LogP contribution in [0.3, 0.4) is 0 Å². The van der Waals surface area contributed by atoms with Gasteiger partial charge in [0.25, 0.3) is 11.5 Å². The number of benzene rings is 1. The fourth-order valence-electron chi connectivity index (χ4n) is 1.81. The van der Waals surface area contributed by atoms with E-state index < -0.39 is 53.5 Å². The second-order valence-corrected chi connectivity index (χ2v) is 6.08. The van der Waals surface area contributed by atoms with Crippen molar-refractivity contribution in [2.24, 2.45) is 5.73 Å². The molecule has 0 radical (unpaired) electrons. The largest absolute Gasteiger partial charge is 0.480 e. The number of nitro benzene ring substituents is 1. The third-order valence-corrected chi connectivity index (χ3v) is 4.03. The number of halogens is 3. The number of carboxylic acids is 1. The summed E-state index contributed by atoms with van der Waals surface area (Å²) in [6, 6.07) is 2.44. The highest BCUT2D eigenvalue weighted by Crippen LogP contribution is 2.33. The zero-order chi connectivity index (χ0) is 20.1. The molecule has 0 bridgehead atoms. The summed E-state index contributed by atoms with van der Waals surface area (Å²) in [6.07, 6.45) is -8.32. The average molecular weight is 396 g/mol. The van der Waals surface area contributed by atoms with Crippen LogP contribution in [0, 0.1) is 17.0 Å². The van der Waals surface area contributed by atoms with Gasteiger partial charge in [-0.1, -0.05) is 6.07 Å². The van der Waals surface area contributed by atoms with Crippen molar-refractivity contribution in [3.63, 3.8) is 0 Å². The van der Waals surface area contributed by atoms with Crippen LogP contribution >= 0.6 is 12.0 Å². The Bertz CT molecular complexity index is 698. The Morgan fingerprint density at radius 3 is 2.50 bits per heavy atom. The Hall–Kier alpha value is -2.18. The third kappa shape index (κ3) is 6.28. The lowest BCUT2D eigenvalue weighted by Crippen LogP contribution is -2.38. The van der Waals surface area contributed by atoms with E-state index in [4.69, 9.17) is 15.0 Å². The first kappa shape index (κ1) is 21.9. The van der Waals surface area contributed by atoms with Crippen molar-refractivity contribution in [2.45, 2.75) is 43.0 Å². The number of ketones is 1. The van der Waals surface area contributed by atoms with E-state index in [1.165, 1.54) is 12.1 Å². The molecule has 0 aromatic heterocycles.